The molecule has 1 rings (SSSR count). The van der Waals surface area contributed by atoms with E-state index in [1.807, 2.05) is 11.6 Å². The van der Waals surface area contributed by atoms with Crippen LogP contribution in [0.25, 0.3) is 0 Å². The molecule has 0 radical (unpaired) electrons. The van der Waals surface area contributed by atoms with E-state index in [0.29, 0.717) is 5.75 Å². The number of carboxylic acid groups (broad SMARTS) is 1. The average Bonchev–Trinajstić information content (AvgIpc) is 2.60. The predicted octanol–water partition coefficient (Wildman–Crippen LogP) is 1.78. The van der Waals surface area contributed by atoms with Crippen LogP contribution in [0.4, 0.5) is 0 Å². The van der Waals surface area contributed by atoms with Crippen molar-refractivity contribution in [1.82, 2.24) is 9.78 Å². The fourth-order valence-electron chi connectivity index (χ4n) is 1.32. The van der Waals surface area contributed by atoms with E-state index in [1.165, 1.54) is 11.8 Å². The summed E-state index contributed by atoms with van der Waals surface area (Å²) in [4.78, 5) is 10.4. The molecule has 0 unspecified atom stereocenters. The van der Waals surface area contributed by atoms with Gasteiger partial charge in [-0.25, -0.2) is 0 Å². The minimum Gasteiger partial charge on any atom is -0.481 e. The second-order valence-electron chi connectivity index (χ2n) is 3.18. The van der Waals surface area contributed by atoms with Crippen molar-refractivity contribution in [2.45, 2.75) is 32.6 Å². The summed E-state index contributed by atoms with van der Waals surface area (Å²) in [5, 5.41) is 12.9. The third-order valence-corrected chi connectivity index (χ3v) is 3.00. The van der Waals surface area contributed by atoms with E-state index in [-0.39, 0.29) is 5.75 Å². The number of hydrogen-bond donors (Lipinski definition) is 1. The second-order valence-corrected chi connectivity index (χ2v) is 4.17. The highest BCUT2D eigenvalue weighted by molar-refractivity contribution is 7.99. The molecule has 0 bridgehead atoms. The average molecular weight is 228 g/mol. The lowest BCUT2D eigenvalue weighted by molar-refractivity contribution is -0.133. The molecule has 1 heterocycles. The van der Waals surface area contributed by atoms with Crippen LogP contribution in [0.5, 0.6) is 0 Å². The number of aryl methyl sites for hydroxylation is 2. The lowest BCUT2D eigenvalue weighted by Gasteiger charge is -2.02. The number of hydrogen-bond acceptors (Lipinski definition) is 3. The van der Waals surface area contributed by atoms with E-state index < -0.39 is 5.97 Å². The highest BCUT2D eigenvalue weighted by Crippen LogP contribution is 2.14. The van der Waals surface area contributed by atoms with Crippen molar-refractivity contribution in [1.29, 1.82) is 0 Å². The molecule has 0 aromatic carbocycles. The molecular formula is C10H16N2O2S. The molecule has 0 spiro atoms. The van der Waals surface area contributed by atoms with Crippen LogP contribution >= 0.6 is 11.8 Å². The standard InChI is InChI=1S/C10H16N2O2S/c1-3-8-5-9(12(4-2)11-8)6-15-7-10(13)14/h5H,3-4,6-7H2,1-2H3,(H,13,14). The predicted molar refractivity (Wildman–Crippen MR) is 61.1 cm³/mol. The first-order valence-electron chi connectivity index (χ1n) is 5.02. The molecule has 1 aromatic rings. The van der Waals surface area contributed by atoms with Crippen molar-refractivity contribution in [3.8, 4) is 0 Å². The van der Waals surface area contributed by atoms with Gasteiger partial charge in [0.1, 0.15) is 0 Å². The molecular weight excluding hydrogens is 212 g/mol. The van der Waals surface area contributed by atoms with E-state index in [2.05, 4.69) is 18.1 Å². The summed E-state index contributed by atoms with van der Waals surface area (Å²) in [7, 11) is 0. The zero-order chi connectivity index (χ0) is 11.3. The van der Waals surface area contributed by atoms with Crippen molar-refractivity contribution < 1.29 is 9.90 Å². The van der Waals surface area contributed by atoms with E-state index in [0.717, 1.165) is 24.4 Å². The smallest absolute Gasteiger partial charge is 0.313 e. The largest absolute Gasteiger partial charge is 0.481 e. The highest BCUT2D eigenvalue weighted by atomic mass is 32.2. The van der Waals surface area contributed by atoms with Crippen LogP contribution in [0.15, 0.2) is 6.07 Å². The topological polar surface area (TPSA) is 55.1 Å². The lowest BCUT2D eigenvalue weighted by Crippen LogP contribution is -2.03. The van der Waals surface area contributed by atoms with Gasteiger partial charge >= 0.3 is 5.97 Å². The number of aliphatic carboxylic acids is 1. The Morgan fingerprint density at radius 2 is 2.33 bits per heavy atom. The molecule has 1 N–H and O–H groups in total. The van der Waals surface area contributed by atoms with Crippen LogP contribution in [0.3, 0.4) is 0 Å². The van der Waals surface area contributed by atoms with Gasteiger partial charge in [0.05, 0.1) is 11.4 Å². The molecule has 0 aliphatic carbocycles. The lowest BCUT2D eigenvalue weighted by atomic mass is 10.3. The number of aromatic nitrogens is 2. The fourth-order valence-corrected chi connectivity index (χ4v) is 2.04. The first-order chi connectivity index (χ1) is 7.17. The zero-order valence-electron chi connectivity index (χ0n) is 9.06. The zero-order valence-corrected chi connectivity index (χ0v) is 9.88. The number of thioether (sulfide) groups is 1. The normalized spacial score (nSPS) is 10.5. The third-order valence-electron chi connectivity index (χ3n) is 2.05. The van der Waals surface area contributed by atoms with Gasteiger partial charge in [-0.3, -0.25) is 9.48 Å². The first-order valence-corrected chi connectivity index (χ1v) is 6.18. The van der Waals surface area contributed by atoms with E-state index in [4.69, 9.17) is 5.11 Å². The summed E-state index contributed by atoms with van der Waals surface area (Å²) in [5.74, 6) is 0.0991. The van der Waals surface area contributed by atoms with Crippen LogP contribution < -0.4 is 0 Å². The highest BCUT2D eigenvalue weighted by Gasteiger charge is 2.06. The second kappa shape index (κ2) is 5.80. The van der Waals surface area contributed by atoms with Gasteiger partial charge in [0.25, 0.3) is 0 Å². The van der Waals surface area contributed by atoms with Crippen LogP contribution in [0.2, 0.25) is 0 Å². The molecule has 0 fully saturated rings. The summed E-state index contributed by atoms with van der Waals surface area (Å²) in [6, 6.07) is 2.05. The summed E-state index contributed by atoms with van der Waals surface area (Å²) in [6.07, 6.45) is 0.920. The molecule has 0 atom stereocenters. The summed E-state index contributed by atoms with van der Waals surface area (Å²) < 4.78 is 1.94. The fraction of sp³-hybridized carbons (Fsp3) is 0.600. The number of carbonyl (C=O) groups is 1. The van der Waals surface area contributed by atoms with Crippen LogP contribution in [0, 0.1) is 0 Å². The third kappa shape index (κ3) is 3.58. The van der Waals surface area contributed by atoms with Crippen molar-refractivity contribution in [2.24, 2.45) is 0 Å². The monoisotopic (exact) mass is 228 g/mol. The van der Waals surface area contributed by atoms with Gasteiger partial charge in [0.15, 0.2) is 0 Å². The molecule has 0 aliphatic heterocycles. The molecule has 84 valence electrons. The van der Waals surface area contributed by atoms with Crippen molar-refractivity contribution in [2.75, 3.05) is 5.75 Å². The Morgan fingerprint density at radius 1 is 1.60 bits per heavy atom. The maximum atomic E-state index is 10.4. The van der Waals surface area contributed by atoms with Gasteiger partial charge in [-0.1, -0.05) is 6.92 Å². The molecule has 5 heteroatoms. The Bertz CT molecular complexity index is 336. The first kappa shape index (κ1) is 12.1. The molecule has 0 aliphatic rings. The van der Waals surface area contributed by atoms with Gasteiger partial charge in [-0.2, -0.15) is 5.10 Å². The SMILES string of the molecule is CCc1cc(CSCC(=O)O)n(CC)n1. The van der Waals surface area contributed by atoms with Gasteiger partial charge in [0.2, 0.25) is 0 Å². The minimum atomic E-state index is -0.765. The van der Waals surface area contributed by atoms with Gasteiger partial charge in [-0.15, -0.1) is 11.8 Å². The number of rotatable bonds is 6. The van der Waals surface area contributed by atoms with Crippen molar-refractivity contribution >= 4 is 17.7 Å². The van der Waals surface area contributed by atoms with Crippen LogP contribution in [-0.2, 0) is 23.5 Å². The Balaban J connectivity index is 2.58. The van der Waals surface area contributed by atoms with Crippen LogP contribution in [0.1, 0.15) is 25.2 Å². The number of nitrogens with zero attached hydrogens (tertiary/aromatic N) is 2. The maximum Gasteiger partial charge on any atom is 0.313 e. The summed E-state index contributed by atoms with van der Waals surface area (Å²) >= 11 is 1.41. The quantitative estimate of drug-likeness (QED) is 0.806. The Morgan fingerprint density at radius 3 is 2.87 bits per heavy atom. The van der Waals surface area contributed by atoms with Crippen molar-refractivity contribution in [3.63, 3.8) is 0 Å². The molecule has 0 amide bonds. The summed E-state index contributed by atoms with van der Waals surface area (Å²) in [6.45, 7) is 4.94. The molecule has 4 nitrogen and oxygen atoms in total. The Kier molecular flexibility index (Phi) is 4.68. The van der Waals surface area contributed by atoms with E-state index in [9.17, 15) is 4.79 Å². The molecule has 0 saturated carbocycles. The maximum absolute atomic E-state index is 10.4. The van der Waals surface area contributed by atoms with Gasteiger partial charge < -0.3 is 5.11 Å². The van der Waals surface area contributed by atoms with Gasteiger partial charge in [0, 0.05) is 18.0 Å². The number of carboxylic acids is 1. The molecule has 15 heavy (non-hydrogen) atoms. The van der Waals surface area contributed by atoms with E-state index in [1.54, 1.807) is 0 Å². The molecule has 1 aromatic heterocycles. The van der Waals surface area contributed by atoms with E-state index >= 15 is 0 Å². The summed E-state index contributed by atoms with van der Waals surface area (Å²) in [5.41, 5.74) is 2.18. The van der Waals surface area contributed by atoms with Crippen molar-refractivity contribution in [3.05, 3.63) is 17.5 Å². The van der Waals surface area contributed by atoms with Gasteiger partial charge in [-0.05, 0) is 19.4 Å². The Hall–Kier alpha value is -0.970. The van der Waals surface area contributed by atoms with Crippen LogP contribution in [-0.4, -0.2) is 26.6 Å². The minimum absolute atomic E-state index is 0.149. The Labute approximate surface area is 93.7 Å². The molecule has 0 saturated heterocycles.